The van der Waals surface area contributed by atoms with Crippen LogP contribution in [0.2, 0.25) is 0 Å². The topological polar surface area (TPSA) is 87.7 Å². The second-order valence-electron chi connectivity index (χ2n) is 8.23. The molecule has 2 aromatic carbocycles. The van der Waals surface area contributed by atoms with Gasteiger partial charge in [-0.2, -0.15) is 0 Å². The highest BCUT2D eigenvalue weighted by Gasteiger charge is 2.36. The molecule has 0 bridgehead atoms. The third-order valence-corrected chi connectivity index (χ3v) is 5.95. The molecule has 180 valence electrons. The van der Waals surface area contributed by atoms with E-state index in [1.54, 1.807) is 43.0 Å². The van der Waals surface area contributed by atoms with Crippen LogP contribution in [0.4, 0.5) is 10.5 Å². The number of rotatable bonds is 9. The largest absolute Gasteiger partial charge is 0.463 e. The summed E-state index contributed by atoms with van der Waals surface area (Å²) < 4.78 is 5.30. The van der Waals surface area contributed by atoms with Gasteiger partial charge in [-0.3, -0.25) is 9.69 Å². The third kappa shape index (κ3) is 5.65. The molecule has 1 atom stereocenters. The Morgan fingerprint density at radius 3 is 2.29 bits per heavy atom. The molecule has 3 rings (SSSR count). The smallest absolute Gasteiger partial charge is 0.338 e. The summed E-state index contributed by atoms with van der Waals surface area (Å²) in [6.07, 6.45) is 2.69. The van der Waals surface area contributed by atoms with E-state index in [-0.39, 0.29) is 18.5 Å². The van der Waals surface area contributed by atoms with Crippen LogP contribution in [-0.4, -0.2) is 36.0 Å². The summed E-state index contributed by atoms with van der Waals surface area (Å²) in [4.78, 5) is 39.8. The van der Waals surface area contributed by atoms with E-state index in [9.17, 15) is 14.4 Å². The number of urea groups is 1. The Labute approximate surface area is 201 Å². The molecule has 1 unspecified atom stereocenters. The molecule has 0 saturated heterocycles. The molecule has 1 aliphatic heterocycles. The van der Waals surface area contributed by atoms with Crippen molar-refractivity contribution in [2.45, 2.75) is 53.0 Å². The summed E-state index contributed by atoms with van der Waals surface area (Å²) in [6, 6.07) is 13.8. The molecule has 1 aliphatic rings. The molecule has 0 radical (unpaired) electrons. The number of anilines is 1. The van der Waals surface area contributed by atoms with E-state index in [2.05, 4.69) is 24.5 Å². The molecule has 7 nitrogen and oxygen atoms in total. The van der Waals surface area contributed by atoms with Crippen molar-refractivity contribution in [3.05, 3.63) is 76.5 Å². The fourth-order valence-corrected chi connectivity index (χ4v) is 3.94. The van der Waals surface area contributed by atoms with E-state index in [0.717, 1.165) is 24.8 Å². The highest BCUT2D eigenvalue weighted by Crippen LogP contribution is 2.32. The molecule has 2 aromatic rings. The quantitative estimate of drug-likeness (QED) is 0.500. The molecule has 2 N–H and O–H groups in total. The lowest BCUT2D eigenvalue weighted by Gasteiger charge is -2.35. The molecule has 34 heavy (non-hydrogen) atoms. The lowest BCUT2D eigenvalue weighted by atomic mass is 9.94. The van der Waals surface area contributed by atoms with E-state index < -0.39 is 12.0 Å². The van der Waals surface area contributed by atoms with Crippen LogP contribution in [0.1, 0.15) is 68.1 Å². The maximum atomic E-state index is 12.8. The van der Waals surface area contributed by atoms with Gasteiger partial charge in [0.15, 0.2) is 0 Å². The van der Waals surface area contributed by atoms with Crippen molar-refractivity contribution in [3.63, 3.8) is 0 Å². The number of nitrogens with one attached hydrogen (secondary N) is 2. The lowest BCUT2D eigenvalue weighted by Crippen LogP contribution is -2.48. The maximum absolute atomic E-state index is 12.8. The van der Waals surface area contributed by atoms with Gasteiger partial charge in [-0.1, -0.05) is 44.5 Å². The number of allylic oxidation sites excluding steroid dienone is 1. The van der Waals surface area contributed by atoms with Gasteiger partial charge in [-0.15, -0.1) is 0 Å². The van der Waals surface area contributed by atoms with E-state index in [4.69, 9.17) is 4.74 Å². The van der Waals surface area contributed by atoms with E-state index >= 15 is 0 Å². The first kappa shape index (κ1) is 25.0. The third-order valence-electron chi connectivity index (χ3n) is 5.95. The molecular weight excluding hydrogens is 430 g/mol. The zero-order valence-electron chi connectivity index (χ0n) is 20.3. The van der Waals surface area contributed by atoms with Crippen molar-refractivity contribution in [2.24, 2.45) is 0 Å². The molecule has 0 saturated carbocycles. The Kier molecular flexibility index (Phi) is 8.46. The average molecular weight is 464 g/mol. The number of aryl methyl sites for hydroxylation is 1. The van der Waals surface area contributed by atoms with Crippen molar-refractivity contribution in [1.82, 2.24) is 10.2 Å². The fraction of sp³-hybridized carbons (Fsp3) is 0.370. The lowest BCUT2D eigenvalue weighted by molar-refractivity contribution is -0.139. The van der Waals surface area contributed by atoms with Crippen molar-refractivity contribution in [1.29, 1.82) is 0 Å². The first-order valence-corrected chi connectivity index (χ1v) is 11.9. The van der Waals surface area contributed by atoms with Gasteiger partial charge >= 0.3 is 12.0 Å². The van der Waals surface area contributed by atoms with Gasteiger partial charge in [0, 0.05) is 23.5 Å². The molecular formula is C27H33N3O4. The van der Waals surface area contributed by atoms with Crippen LogP contribution in [0.25, 0.3) is 0 Å². The SMILES string of the molecule is CCCCN1C(=O)NC(c2ccc(NC(=O)c3ccc(CC)cc3)cc2)C(C(=O)OCC)=C1C. The van der Waals surface area contributed by atoms with Gasteiger partial charge in [0.25, 0.3) is 5.91 Å². The molecule has 3 amide bonds. The zero-order chi connectivity index (χ0) is 24.7. The second kappa shape index (κ2) is 11.5. The number of ether oxygens (including phenoxy) is 1. The Hall–Kier alpha value is -3.61. The van der Waals surface area contributed by atoms with E-state index in [0.29, 0.717) is 29.1 Å². The number of hydrogen-bond donors (Lipinski definition) is 2. The minimum Gasteiger partial charge on any atom is -0.463 e. The normalized spacial score (nSPS) is 15.7. The molecule has 7 heteroatoms. The minimum absolute atomic E-state index is 0.198. The first-order chi connectivity index (χ1) is 16.4. The second-order valence-corrected chi connectivity index (χ2v) is 8.23. The Morgan fingerprint density at radius 2 is 1.71 bits per heavy atom. The number of amides is 3. The highest BCUT2D eigenvalue weighted by molar-refractivity contribution is 6.04. The van der Waals surface area contributed by atoms with Gasteiger partial charge in [0.05, 0.1) is 18.2 Å². The number of unbranched alkanes of at least 4 members (excludes halogenated alkanes) is 1. The van der Waals surface area contributed by atoms with Crippen LogP contribution >= 0.6 is 0 Å². The summed E-state index contributed by atoms with van der Waals surface area (Å²) in [7, 11) is 0. The number of hydrogen-bond acceptors (Lipinski definition) is 4. The number of esters is 1. The standard InChI is InChI=1S/C27H33N3O4/c1-5-8-17-30-18(4)23(26(32)34-7-3)24(29-27(30)33)20-13-15-22(16-14-20)28-25(31)21-11-9-19(6-2)10-12-21/h9-16,24H,5-8,17H2,1-4H3,(H,28,31)(H,29,33). The number of carbonyl (C=O) groups is 3. The molecule has 1 heterocycles. The van der Waals surface area contributed by atoms with Gasteiger partial charge in [-0.05, 0) is 62.1 Å². The Bertz CT molecular complexity index is 1060. The maximum Gasteiger partial charge on any atom is 0.338 e. The number of carbonyl (C=O) groups excluding carboxylic acids is 3. The summed E-state index contributed by atoms with van der Waals surface area (Å²) in [6.45, 7) is 8.44. The van der Waals surface area contributed by atoms with Gasteiger partial charge in [0.2, 0.25) is 0 Å². The predicted molar refractivity (Wildman–Crippen MR) is 132 cm³/mol. The van der Waals surface area contributed by atoms with Crippen molar-refractivity contribution >= 4 is 23.6 Å². The summed E-state index contributed by atoms with van der Waals surface area (Å²) >= 11 is 0. The van der Waals surface area contributed by atoms with Crippen LogP contribution in [0, 0.1) is 0 Å². The van der Waals surface area contributed by atoms with Crippen LogP contribution in [0.15, 0.2) is 59.8 Å². The summed E-state index contributed by atoms with van der Waals surface area (Å²) in [5.41, 5.74) is 4.13. The van der Waals surface area contributed by atoms with Crippen molar-refractivity contribution in [3.8, 4) is 0 Å². The molecule has 0 aliphatic carbocycles. The van der Waals surface area contributed by atoms with E-state index in [1.165, 1.54) is 5.56 Å². The average Bonchev–Trinajstić information content (AvgIpc) is 2.84. The fourth-order valence-electron chi connectivity index (χ4n) is 3.94. The number of benzene rings is 2. The molecule has 0 spiro atoms. The molecule has 0 aromatic heterocycles. The number of nitrogens with zero attached hydrogens (tertiary/aromatic N) is 1. The Balaban J connectivity index is 1.83. The van der Waals surface area contributed by atoms with Crippen LogP contribution in [0.3, 0.4) is 0 Å². The summed E-state index contributed by atoms with van der Waals surface area (Å²) in [5, 5.41) is 5.84. The predicted octanol–water partition coefficient (Wildman–Crippen LogP) is 5.20. The van der Waals surface area contributed by atoms with Gasteiger partial charge in [-0.25, -0.2) is 9.59 Å². The van der Waals surface area contributed by atoms with Crippen molar-refractivity contribution < 1.29 is 19.1 Å². The monoisotopic (exact) mass is 463 g/mol. The first-order valence-electron chi connectivity index (χ1n) is 11.9. The minimum atomic E-state index is -0.629. The zero-order valence-corrected chi connectivity index (χ0v) is 20.3. The van der Waals surface area contributed by atoms with Crippen molar-refractivity contribution in [2.75, 3.05) is 18.5 Å². The van der Waals surface area contributed by atoms with Crippen LogP contribution < -0.4 is 10.6 Å². The highest BCUT2D eigenvalue weighted by atomic mass is 16.5. The van der Waals surface area contributed by atoms with Crippen LogP contribution in [-0.2, 0) is 16.0 Å². The van der Waals surface area contributed by atoms with Gasteiger partial charge < -0.3 is 15.4 Å². The van der Waals surface area contributed by atoms with Crippen LogP contribution in [0.5, 0.6) is 0 Å². The molecule has 0 fully saturated rings. The summed E-state index contributed by atoms with van der Waals surface area (Å²) in [5.74, 6) is -0.643. The Morgan fingerprint density at radius 1 is 1.03 bits per heavy atom. The van der Waals surface area contributed by atoms with E-state index in [1.807, 2.05) is 24.3 Å². The van der Waals surface area contributed by atoms with Gasteiger partial charge in [0.1, 0.15) is 0 Å².